The minimum Gasteiger partial charge on any atom is -0.490 e. The highest BCUT2D eigenvalue weighted by Gasteiger charge is 2.37. The van der Waals surface area contributed by atoms with Crippen LogP contribution in [0.3, 0.4) is 0 Å². The number of hydrogen-bond donors (Lipinski definition) is 1. The lowest BCUT2D eigenvalue weighted by Gasteiger charge is -2.26. The minimum absolute atomic E-state index is 0.175. The summed E-state index contributed by atoms with van der Waals surface area (Å²) in [6, 6.07) is 10.2. The number of hydrogen-bond acceptors (Lipinski definition) is 4. The Morgan fingerprint density at radius 1 is 1.07 bits per heavy atom. The maximum Gasteiger partial charge on any atom is 0.335 e. The summed E-state index contributed by atoms with van der Waals surface area (Å²) in [5.74, 6) is -1.01. The zero-order valence-electron chi connectivity index (χ0n) is 14.4. The van der Waals surface area contributed by atoms with Crippen LogP contribution in [0.4, 0.5) is 10.5 Å². The fourth-order valence-corrected chi connectivity index (χ4v) is 2.82. The molecular weight excluding hydrogens is 403 g/mol. The molecule has 0 radical (unpaired) electrons. The summed E-state index contributed by atoms with van der Waals surface area (Å²) in [7, 11) is 0. The Hall–Kier alpha value is -3.09. The smallest absolute Gasteiger partial charge is 0.335 e. The predicted octanol–water partition coefficient (Wildman–Crippen LogP) is 4.22. The lowest BCUT2D eigenvalue weighted by molar-refractivity contribution is -0.122. The van der Waals surface area contributed by atoms with Gasteiger partial charge in [0.1, 0.15) is 17.9 Å². The SMILES string of the molecule is C=CCOc1cccc(/C=C2/C(=O)NC(=O)N(c3ccc(Cl)c(Cl)c3)C2=O)c1. The van der Waals surface area contributed by atoms with Crippen LogP contribution in [-0.4, -0.2) is 24.5 Å². The third kappa shape index (κ3) is 4.08. The first kappa shape index (κ1) is 19.7. The third-order valence-corrected chi connectivity index (χ3v) is 4.54. The standard InChI is InChI=1S/C20H14Cl2N2O4/c1-2-8-28-14-5-3-4-12(9-14)10-15-18(25)23-20(27)24(19(15)26)13-6-7-16(21)17(22)11-13/h2-7,9-11H,1,8H2,(H,23,25,27)/b15-10-. The average Bonchev–Trinajstić information content (AvgIpc) is 2.66. The Labute approximate surface area is 171 Å². The summed E-state index contributed by atoms with van der Waals surface area (Å²) in [6.07, 6.45) is 2.99. The number of ether oxygens (including phenoxy) is 1. The minimum atomic E-state index is -0.867. The second-order valence-electron chi connectivity index (χ2n) is 5.73. The first-order valence-corrected chi connectivity index (χ1v) is 8.86. The van der Waals surface area contributed by atoms with Gasteiger partial charge in [-0.3, -0.25) is 14.9 Å². The van der Waals surface area contributed by atoms with Crippen molar-refractivity contribution in [2.75, 3.05) is 11.5 Å². The van der Waals surface area contributed by atoms with Crippen LogP contribution in [0.15, 0.2) is 60.7 Å². The lowest BCUT2D eigenvalue weighted by atomic mass is 10.1. The monoisotopic (exact) mass is 416 g/mol. The molecule has 1 aliphatic heterocycles. The Kier molecular flexibility index (Phi) is 5.82. The van der Waals surface area contributed by atoms with Crippen LogP contribution in [0.25, 0.3) is 6.08 Å². The number of benzene rings is 2. The highest BCUT2D eigenvalue weighted by atomic mass is 35.5. The maximum atomic E-state index is 12.9. The molecule has 1 heterocycles. The Morgan fingerprint density at radius 2 is 1.86 bits per heavy atom. The molecule has 3 rings (SSSR count). The van der Waals surface area contributed by atoms with Crippen molar-refractivity contribution in [2.24, 2.45) is 0 Å². The molecule has 0 aromatic heterocycles. The largest absolute Gasteiger partial charge is 0.490 e. The van der Waals surface area contributed by atoms with Crippen LogP contribution in [-0.2, 0) is 9.59 Å². The Balaban J connectivity index is 1.96. The fourth-order valence-electron chi connectivity index (χ4n) is 2.53. The molecule has 1 aliphatic rings. The first-order valence-electron chi connectivity index (χ1n) is 8.11. The van der Waals surface area contributed by atoms with Crippen LogP contribution in [0.5, 0.6) is 5.75 Å². The van der Waals surface area contributed by atoms with Gasteiger partial charge < -0.3 is 4.74 Å². The quantitative estimate of drug-likeness (QED) is 0.449. The van der Waals surface area contributed by atoms with E-state index in [0.29, 0.717) is 17.9 Å². The van der Waals surface area contributed by atoms with Gasteiger partial charge >= 0.3 is 6.03 Å². The lowest BCUT2D eigenvalue weighted by Crippen LogP contribution is -2.54. The number of urea groups is 1. The number of amides is 4. The normalized spacial score (nSPS) is 15.6. The number of carbonyl (C=O) groups excluding carboxylic acids is 3. The second kappa shape index (κ2) is 8.29. The van der Waals surface area contributed by atoms with Crippen molar-refractivity contribution in [3.63, 3.8) is 0 Å². The molecule has 0 spiro atoms. The van der Waals surface area contributed by atoms with Gasteiger partial charge in [0.2, 0.25) is 0 Å². The van der Waals surface area contributed by atoms with Crippen molar-refractivity contribution in [1.29, 1.82) is 0 Å². The Morgan fingerprint density at radius 3 is 2.57 bits per heavy atom. The van der Waals surface area contributed by atoms with Crippen LogP contribution in [0, 0.1) is 0 Å². The van der Waals surface area contributed by atoms with Gasteiger partial charge in [-0.15, -0.1) is 0 Å². The predicted molar refractivity (Wildman–Crippen MR) is 108 cm³/mol. The van der Waals surface area contributed by atoms with Crippen molar-refractivity contribution >= 4 is 52.8 Å². The van der Waals surface area contributed by atoms with E-state index in [2.05, 4.69) is 11.9 Å². The van der Waals surface area contributed by atoms with Gasteiger partial charge in [0, 0.05) is 0 Å². The van der Waals surface area contributed by atoms with Gasteiger partial charge in [0.15, 0.2) is 0 Å². The molecule has 8 heteroatoms. The summed E-state index contributed by atoms with van der Waals surface area (Å²) in [6.45, 7) is 3.90. The zero-order chi connectivity index (χ0) is 20.3. The van der Waals surface area contributed by atoms with Crippen molar-refractivity contribution < 1.29 is 19.1 Å². The van der Waals surface area contributed by atoms with Crippen molar-refractivity contribution in [3.8, 4) is 5.75 Å². The molecule has 142 valence electrons. The summed E-state index contributed by atoms with van der Waals surface area (Å²) < 4.78 is 5.45. The van der Waals surface area contributed by atoms with E-state index in [1.165, 1.54) is 24.3 Å². The number of barbiturate groups is 1. The molecule has 0 unspecified atom stereocenters. The molecule has 4 amide bonds. The van der Waals surface area contributed by atoms with E-state index < -0.39 is 17.8 Å². The van der Waals surface area contributed by atoms with E-state index in [1.807, 2.05) is 0 Å². The van der Waals surface area contributed by atoms with E-state index in [9.17, 15) is 14.4 Å². The van der Waals surface area contributed by atoms with Gasteiger partial charge in [-0.2, -0.15) is 0 Å². The Bertz CT molecular complexity index is 1020. The number of imide groups is 2. The van der Waals surface area contributed by atoms with Crippen LogP contribution < -0.4 is 15.0 Å². The zero-order valence-corrected chi connectivity index (χ0v) is 16.0. The molecule has 0 saturated carbocycles. The molecular formula is C20H14Cl2N2O4. The molecule has 6 nitrogen and oxygen atoms in total. The first-order chi connectivity index (χ1) is 13.4. The van der Waals surface area contributed by atoms with Crippen molar-refractivity contribution in [2.45, 2.75) is 0 Å². The maximum absolute atomic E-state index is 12.9. The fraction of sp³-hybridized carbons (Fsp3) is 0.0500. The average molecular weight is 417 g/mol. The summed E-state index contributed by atoms with van der Waals surface area (Å²) in [5.41, 5.74) is 0.549. The molecule has 0 atom stereocenters. The van der Waals surface area contributed by atoms with Crippen LogP contribution in [0.1, 0.15) is 5.56 Å². The van der Waals surface area contributed by atoms with E-state index in [1.54, 1.807) is 30.3 Å². The summed E-state index contributed by atoms with van der Waals surface area (Å²) >= 11 is 11.9. The highest BCUT2D eigenvalue weighted by molar-refractivity contribution is 6.43. The van der Waals surface area contributed by atoms with Gasteiger partial charge in [0.25, 0.3) is 11.8 Å². The summed E-state index contributed by atoms with van der Waals surface area (Å²) in [4.78, 5) is 38.1. The molecule has 28 heavy (non-hydrogen) atoms. The molecule has 2 aromatic carbocycles. The molecule has 1 saturated heterocycles. The van der Waals surface area contributed by atoms with E-state index >= 15 is 0 Å². The number of carbonyl (C=O) groups is 3. The molecule has 2 aromatic rings. The number of rotatable bonds is 5. The molecule has 1 fully saturated rings. The van der Waals surface area contributed by atoms with E-state index in [-0.39, 0.29) is 21.3 Å². The van der Waals surface area contributed by atoms with Crippen molar-refractivity contribution in [1.82, 2.24) is 5.32 Å². The second-order valence-corrected chi connectivity index (χ2v) is 6.54. The number of halogens is 2. The third-order valence-electron chi connectivity index (χ3n) is 3.80. The number of nitrogens with zero attached hydrogens (tertiary/aromatic N) is 1. The van der Waals surface area contributed by atoms with Gasteiger partial charge in [-0.1, -0.05) is 48.0 Å². The number of anilines is 1. The van der Waals surface area contributed by atoms with E-state index in [4.69, 9.17) is 27.9 Å². The topological polar surface area (TPSA) is 75.7 Å². The highest BCUT2D eigenvalue weighted by Crippen LogP contribution is 2.29. The van der Waals surface area contributed by atoms with Gasteiger partial charge in [0.05, 0.1) is 15.7 Å². The molecule has 0 aliphatic carbocycles. The van der Waals surface area contributed by atoms with Crippen LogP contribution in [0.2, 0.25) is 10.0 Å². The number of nitrogens with one attached hydrogen (secondary N) is 1. The van der Waals surface area contributed by atoms with E-state index in [0.717, 1.165) is 4.90 Å². The van der Waals surface area contributed by atoms with Gasteiger partial charge in [-0.25, -0.2) is 9.69 Å². The van der Waals surface area contributed by atoms with Gasteiger partial charge in [-0.05, 0) is 42.0 Å². The molecule has 0 bridgehead atoms. The van der Waals surface area contributed by atoms with Crippen molar-refractivity contribution in [3.05, 3.63) is 76.3 Å². The molecule has 1 N–H and O–H groups in total. The summed E-state index contributed by atoms with van der Waals surface area (Å²) in [5, 5.41) is 2.60. The van der Waals surface area contributed by atoms with Crippen LogP contribution >= 0.6 is 23.2 Å².